The van der Waals surface area contributed by atoms with Gasteiger partial charge in [0.1, 0.15) is 0 Å². The maximum atomic E-state index is 11.0. The van der Waals surface area contributed by atoms with Crippen LogP contribution in [0.5, 0.6) is 0 Å². The second-order valence-corrected chi connectivity index (χ2v) is 7.10. The highest BCUT2D eigenvalue weighted by Gasteiger charge is 2.08. The lowest BCUT2D eigenvalue weighted by molar-refractivity contribution is 0.550. The molecule has 2 N–H and O–H groups in total. The van der Waals surface area contributed by atoms with E-state index in [4.69, 9.17) is 0 Å². The summed E-state index contributed by atoms with van der Waals surface area (Å²) >= 11 is 0. The molecule has 0 spiro atoms. The van der Waals surface area contributed by atoms with Crippen LogP contribution in [0.25, 0.3) is 10.8 Å². The highest BCUT2D eigenvalue weighted by atomic mass is 32.2. The van der Waals surface area contributed by atoms with Crippen LogP contribution < -0.4 is 10.0 Å². The monoisotopic (exact) mass is 306 g/mol. The van der Waals surface area contributed by atoms with Gasteiger partial charge in [-0.3, -0.25) is 0 Å². The van der Waals surface area contributed by atoms with Gasteiger partial charge in [-0.05, 0) is 36.2 Å². The van der Waals surface area contributed by atoms with Crippen LogP contribution in [-0.4, -0.2) is 27.8 Å². The van der Waals surface area contributed by atoms with Crippen LogP contribution in [0.1, 0.15) is 24.9 Å². The van der Waals surface area contributed by atoms with Gasteiger partial charge in [-0.2, -0.15) is 0 Å². The summed E-state index contributed by atoms with van der Waals surface area (Å²) in [5.41, 5.74) is 1.27. The Kier molecular flexibility index (Phi) is 5.33. The Bertz CT molecular complexity index is 693. The van der Waals surface area contributed by atoms with E-state index >= 15 is 0 Å². The average molecular weight is 306 g/mol. The van der Waals surface area contributed by atoms with Crippen molar-refractivity contribution < 1.29 is 8.42 Å². The van der Waals surface area contributed by atoms with Gasteiger partial charge in [0.05, 0.1) is 6.26 Å². The molecule has 0 aliphatic carbocycles. The summed E-state index contributed by atoms with van der Waals surface area (Å²) in [6.45, 7) is 3.37. The summed E-state index contributed by atoms with van der Waals surface area (Å²) in [6, 6.07) is 14.9. The summed E-state index contributed by atoms with van der Waals surface area (Å²) in [5, 5.41) is 5.94. The Hall–Kier alpha value is -1.43. The SMILES string of the molecule is CC(NCCCNS(C)(=O)=O)c1cccc2ccccc12. The molecule has 0 aromatic heterocycles. The van der Waals surface area contributed by atoms with Gasteiger partial charge >= 0.3 is 0 Å². The number of nitrogens with one attached hydrogen (secondary N) is 2. The minimum absolute atomic E-state index is 0.231. The van der Waals surface area contributed by atoms with Crippen LogP contribution in [0.3, 0.4) is 0 Å². The zero-order valence-corrected chi connectivity index (χ0v) is 13.3. The number of rotatable bonds is 7. The third-order valence-corrected chi connectivity index (χ3v) is 4.19. The molecule has 2 aromatic rings. The second-order valence-electron chi connectivity index (χ2n) is 5.26. The van der Waals surface area contributed by atoms with E-state index in [2.05, 4.69) is 53.4 Å². The Labute approximate surface area is 126 Å². The summed E-state index contributed by atoms with van der Waals surface area (Å²) in [6.07, 6.45) is 1.95. The smallest absolute Gasteiger partial charge is 0.208 e. The highest BCUT2D eigenvalue weighted by molar-refractivity contribution is 7.88. The first-order valence-electron chi connectivity index (χ1n) is 7.13. The molecule has 1 atom stereocenters. The van der Waals surface area contributed by atoms with Gasteiger partial charge in [0.2, 0.25) is 10.0 Å². The Morgan fingerprint density at radius 3 is 2.52 bits per heavy atom. The van der Waals surface area contributed by atoms with Crippen molar-refractivity contribution in [2.45, 2.75) is 19.4 Å². The minimum Gasteiger partial charge on any atom is -0.310 e. The fraction of sp³-hybridized carbons (Fsp3) is 0.375. The Morgan fingerprint density at radius 1 is 1.05 bits per heavy atom. The highest BCUT2D eigenvalue weighted by Crippen LogP contribution is 2.23. The molecule has 21 heavy (non-hydrogen) atoms. The zero-order valence-electron chi connectivity index (χ0n) is 12.5. The van der Waals surface area contributed by atoms with Crippen LogP contribution in [0.2, 0.25) is 0 Å². The van der Waals surface area contributed by atoms with Crippen molar-refractivity contribution in [1.29, 1.82) is 0 Å². The molecule has 4 nitrogen and oxygen atoms in total. The fourth-order valence-electron chi connectivity index (χ4n) is 2.40. The molecule has 0 heterocycles. The molecule has 0 bridgehead atoms. The number of fused-ring (bicyclic) bond motifs is 1. The quantitative estimate of drug-likeness (QED) is 0.772. The average Bonchev–Trinajstić information content (AvgIpc) is 2.45. The zero-order chi connectivity index (χ0) is 15.3. The standard InChI is InChI=1S/C16H22N2O2S/c1-13(17-11-6-12-18-21(2,19)20)15-10-5-8-14-7-3-4-9-16(14)15/h3-5,7-10,13,17-18H,6,11-12H2,1-2H3. The van der Waals surface area contributed by atoms with Crippen LogP contribution >= 0.6 is 0 Å². The predicted molar refractivity (Wildman–Crippen MR) is 87.8 cm³/mol. The first kappa shape index (κ1) is 15.9. The lowest BCUT2D eigenvalue weighted by Crippen LogP contribution is -2.27. The molecule has 0 saturated heterocycles. The van der Waals surface area contributed by atoms with E-state index in [1.54, 1.807) is 0 Å². The molecule has 0 saturated carbocycles. The third-order valence-electron chi connectivity index (χ3n) is 3.46. The van der Waals surface area contributed by atoms with E-state index in [0.29, 0.717) is 6.54 Å². The number of hydrogen-bond donors (Lipinski definition) is 2. The summed E-state index contributed by atoms with van der Waals surface area (Å²) in [7, 11) is -3.08. The molecule has 0 aliphatic heterocycles. The maximum absolute atomic E-state index is 11.0. The fourth-order valence-corrected chi connectivity index (χ4v) is 2.92. The lowest BCUT2D eigenvalue weighted by atomic mass is 10.00. The molecule has 0 fully saturated rings. The van der Waals surface area contributed by atoms with E-state index in [1.807, 2.05) is 6.07 Å². The first-order valence-corrected chi connectivity index (χ1v) is 9.02. The van der Waals surface area contributed by atoms with E-state index in [9.17, 15) is 8.42 Å². The van der Waals surface area contributed by atoms with E-state index in [0.717, 1.165) is 13.0 Å². The van der Waals surface area contributed by atoms with Crippen LogP contribution in [0.4, 0.5) is 0 Å². The van der Waals surface area contributed by atoms with Crippen LogP contribution in [-0.2, 0) is 10.0 Å². The van der Waals surface area contributed by atoms with Gasteiger partial charge in [-0.15, -0.1) is 0 Å². The number of sulfonamides is 1. The molecule has 0 aliphatic rings. The van der Waals surface area contributed by atoms with Gasteiger partial charge in [0.15, 0.2) is 0 Å². The van der Waals surface area contributed by atoms with Gasteiger partial charge in [-0.1, -0.05) is 42.5 Å². The number of benzene rings is 2. The van der Waals surface area contributed by atoms with Crippen LogP contribution in [0, 0.1) is 0 Å². The number of hydrogen-bond acceptors (Lipinski definition) is 3. The Morgan fingerprint density at radius 2 is 1.76 bits per heavy atom. The molecule has 2 rings (SSSR count). The second kappa shape index (κ2) is 7.02. The molecular weight excluding hydrogens is 284 g/mol. The molecule has 5 heteroatoms. The first-order chi connectivity index (χ1) is 9.97. The molecular formula is C16H22N2O2S. The van der Waals surface area contributed by atoms with Gasteiger partial charge < -0.3 is 5.32 Å². The van der Waals surface area contributed by atoms with Crippen molar-refractivity contribution >= 4 is 20.8 Å². The van der Waals surface area contributed by atoms with Crippen molar-refractivity contribution in [2.24, 2.45) is 0 Å². The van der Waals surface area contributed by atoms with Gasteiger partial charge in [-0.25, -0.2) is 13.1 Å². The maximum Gasteiger partial charge on any atom is 0.208 e. The molecule has 114 valence electrons. The molecule has 0 radical (unpaired) electrons. The summed E-state index contributed by atoms with van der Waals surface area (Å²) in [5.74, 6) is 0. The van der Waals surface area contributed by atoms with E-state index in [1.165, 1.54) is 22.6 Å². The molecule has 1 unspecified atom stereocenters. The van der Waals surface area contributed by atoms with Gasteiger partial charge in [0, 0.05) is 12.6 Å². The topological polar surface area (TPSA) is 58.2 Å². The van der Waals surface area contributed by atoms with Gasteiger partial charge in [0.25, 0.3) is 0 Å². The van der Waals surface area contributed by atoms with E-state index < -0.39 is 10.0 Å². The largest absolute Gasteiger partial charge is 0.310 e. The van der Waals surface area contributed by atoms with Crippen LogP contribution in [0.15, 0.2) is 42.5 Å². The normalized spacial score (nSPS) is 13.4. The summed E-state index contributed by atoms with van der Waals surface area (Å²) < 4.78 is 24.4. The molecule has 2 aromatic carbocycles. The Balaban J connectivity index is 1.92. The lowest BCUT2D eigenvalue weighted by Gasteiger charge is -2.16. The van der Waals surface area contributed by atoms with Crippen molar-refractivity contribution in [2.75, 3.05) is 19.3 Å². The predicted octanol–water partition coefficient (Wildman–Crippen LogP) is 2.43. The molecule has 0 amide bonds. The van der Waals surface area contributed by atoms with Crippen molar-refractivity contribution in [1.82, 2.24) is 10.0 Å². The van der Waals surface area contributed by atoms with Crippen molar-refractivity contribution in [3.63, 3.8) is 0 Å². The third kappa shape index (κ3) is 4.81. The van der Waals surface area contributed by atoms with Crippen molar-refractivity contribution in [3.05, 3.63) is 48.0 Å². The minimum atomic E-state index is -3.08. The summed E-state index contributed by atoms with van der Waals surface area (Å²) in [4.78, 5) is 0. The van der Waals surface area contributed by atoms with E-state index in [-0.39, 0.29) is 6.04 Å². The van der Waals surface area contributed by atoms with Crippen molar-refractivity contribution in [3.8, 4) is 0 Å².